The molecule has 1 saturated carbocycles. The second-order valence-electron chi connectivity index (χ2n) is 7.02. The first-order valence-electron chi connectivity index (χ1n) is 8.46. The molecule has 0 amide bonds. The van der Waals surface area contributed by atoms with Crippen molar-refractivity contribution in [2.75, 3.05) is 24.6 Å². The van der Waals surface area contributed by atoms with Crippen LogP contribution < -0.4 is 4.90 Å². The first kappa shape index (κ1) is 17.3. The minimum atomic E-state index is -1.09. The van der Waals surface area contributed by atoms with Gasteiger partial charge in [0.25, 0.3) is 0 Å². The summed E-state index contributed by atoms with van der Waals surface area (Å²) in [6, 6.07) is 11.3. The molecule has 2 fully saturated rings. The van der Waals surface area contributed by atoms with Crippen LogP contribution in [0.1, 0.15) is 21.8 Å². The Morgan fingerprint density at radius 3 is 2.69 bits per heavy atom. The molecule has 2 aromatic rings. The van der Waals surface area contributed by atoms with Crippen LogP contribution >= 0.6 is 11.6 Å². The van der Waals surface area contributed by atoms with Gasteiger partial charge in [0.2, 0.25) is 0 Å². The maximum atomic E-state index is 11.1. The third-order valence-corrected chi connectivity index (χ3v) is 6.04. The number of rotatable bonds is 4. The third-order valence-electron chi connectivity index (χ3n) is 5.76. The number of aromatic carboxylic acids is 1. The van der Waals surface area contributed by atoms with E-state index in [9.17, 15) is 15.0 Å². The highest BCUT2D eigenvalue weighted by molar-refractivity contribution is 6.33. The molecule has 6 nitrogen and oxygen atoms in total. The summed E-state index contributed by atoms with van der Waals surface area (Å²) in [6.07, 6.45) is 0.647. The van der Waals surface area contributed by atoms with E-state index in [0.717, 1.165) is 5.56 Å². The van der Waals surface area contributed by atoms with Crippen molar-refractivity contribution in [1.29, 1.82) is 0 Å². The molecule has 2 aliphatic rings. The Morgan fingerprint density at radius 2 is 2.08 bits per heavy atom. The summed E-state index contributed by atoms with van der Waals surface area (Å²) in [5.74, 6) is -0.578. The molecular weight excluding hydrogens is 356 g/mol. The minimum Gasteiger partial charge on any atom is -0.478 e. The van der Waals surface area contributed by atoms with Crippen molar-refractivity contribution in [2.45, 2.75) is 12.0 Å². The highest BCUT2D eigenvalue weighted by Crippen LogP contribution is 2.69. The van der Waals surface area contributed by atoms with Gasteiger partial charge in [0.1, 0.15) is 5.82 Å². The summed E-state index contributed by atoms with van der Waals surface area (Å²) in [5, 5.41) is 29.9. The molecule has 26 heavy (non-hydrogen) atoms. The number of halogens is 1. The number of pyridine rings is 1. The molecule has 1 aromatic carbocycles. The molecule has 2 heterocycles. The van der Waals surface area contributed by atoms with Crippen LogP contribution in [0.2, 0.25) is 5.02 Å². The monoisotopic (exact) mass is 374 g/mol. The normalized spacial score (nSPS) is 30.0. The van der Waals surface area contributed by atoms with E-state index in [-0.39, 0.29) is 29.0 Å². The lowest BCUT2D eigenvalue weighted by atomic mass is 9.95. The Hall–Kier alpha value is -2.15. The highest BCUT2D eigenvalue weighted by atomic mass is 35.5. The molecule has 1 aromatic heterocycles. The van der Waals surface area contributed by atoms with Gasteiger partial charge in [0, 0.05) is 31.3 Å². The van der Waals surface area contributed by atoms with Crippen LogP contribution in [0, 0.1) is 11.3 Å². The SMILES string of the molecule is O=C(O)c1cnc(N2C[C@H](O)[C@@]3(C2)[C@H](CO)[C@H]3c2ccccc2)c(Cl)c1. The van der Waals surface area contributed by atoms with Crippen molar-refractivity contribution >= 4 is 23.4 Å². The molecule has 4 rings (SSSR count). The molecule has 7 heteroatoms. The number of carboxylic acid groups (broad SMARTS) is 1. The zero-order chi connectivity index (χ0) is 18.5. The topological polar surface area (TPSA) is 93.9 Å². The van der Waals surface area contributed by atoms with E-state index in [1.807, 2.05) is 35.2 Å². The Labute approximate surface area is 155 Å². The van der Waals surface area contributed by atoms with Crippen molar-refractivity contribution in [3.8, 4) is 0 Å². The number of carboxylic acids is 1. The van der Waals surface area contributed by atoms with E-state index in [2.05, 4.69) is 4.98 Å². The first-order chi connectivity index (χ1) is 12.5. The quantitative estimate of drug-likeness (QED) is 0.758. The van der Waals surface area contributed by atoms with Gasteiger partial charge in [0.05, 0.1) is 16.7 Å². The van der Waals surface area contributed by atoms with Crippen LogP contribution in [0.4, 0.5) is 5.82 Å². The Kier molecular flexibility index (Phi) is 4.14. The highest BCUT2D eigenvalue weighted by Gasteiger charge is 2.71. The second-order valence-corrected chi connectivity index (χ2v) is 7.43. The van der Waals surface area contributed by atoms with E-state index >= 15 is 0 Å². The van der Waals surface area contributed by atoms with E-state index in [1.54, 1.807) is 0 Å². The van der Waals surface area contributed by atoms with Crippen molar-refractivity contribution in [3.63, 3.8) is 0 Å². The lowest BCUT2D eigenvalue weighted by Gasteiger charge is -2.19. The number of aliphatic hydroxyl groups is 2. The number of aliphatic hydroxyl groups excluding tert-OH is 2. The van der Waals surface area contributed by atoms with Gasteiger partial charge < -0.3 is 20.2 Å². The Bertz CT molecular complexity index is 847. The van der Waals surface area contributed by atoms with Gasteiger partial charge in [0.15, 0.2) is 0 Å². The summed E-state index contributed by atoms with van der Waals surface area (Å²) >= 11 is 6.24. The van der Waals surface area contributed by atoms with Crippen molar-refractivity contribution < 1.29 is 20.1 Å². The largest absolute Gasteiger partial charge is 0.478 e. The number of β-amino-alcohol motifs (C(OH)–C–C–N with tert-alkyl or cyclic N) is 1. The van der Waals surface area contributed by atoms with Crippen LogP contribution in [0.3, 0.4) is 0 Å². The standard InChI is InChI=1S/C19H19ClN2O4/c20-14-6-12(18(25)26)7-21-17(14)22-8-15(24)19(10-22)13(9-23)16(19)11-4-2-1-3-5-11/h1-7,13,15-16,23-24H,8-10H2,(H,25,26)/t13-,15+,16-,19-/m1/s1. The fourth-order valence-corrected chi connectivity index (χ4v) is 4.80. The van der Waals surface area contributed by atoms with Gasteiger partial charge >= 0.3 is 5.97 Å². The summed E-state index contributed by atoms with van der Waals surface area (Å²) in [5.41, 5.74) is 0.690. The average Bonchev–Trinajstić information content (AvgIpc) is 3.17. The predicted molar refractivity (Wildman–Crippen MR) is 96.6 cm³/mol. The fraction of sp³-hybridized carbons (Fsp3) is 0.368. The van der Waals surface area contributed by atoms with Crippen LogP contribution in [0.5, 0.6) is 0 Å². The minimum absolute atomic E-state index is 0.00355. The number of anilines is 1. The summed E-state index contributed by atoms with van der Waals surface area (Å²) in [4.78, 5) is 17.1. The lowest BCUT2D eigenvalue weighted by Crippen LogP contribution is -2.23. The molecule has 0 unspecified atom stereocenters. The zero-order valence-electron chi connectivity index (χ0n) is 13.9. The molecule has 1 spiro atoms. The average molecular weight is 375 g/mol. The Balaban J connectivity index is 1.63. The number of nitrogens with zero attached hydrogens (tertiary/aromatic N) is 2. The number of hydrogen-bond donors (Lipinski definition) is 3. The van der Waals surface area contributed by atoms with Gasteiger partial charge in [-0.1, -0.05) is 41.9 Å². The van der Waals surface area contributed by atoms with Gasteiger partial charge in [-0.3, -0.25) is 0 Å². The zero-order valence-corrected chi connectivity index (χ0v) is 14.7. The van der Waals surface area contributed by atoms with E-state index in [4.69, 9.17) is 16.7 Å². The predicted octanol–water partition coefficient (Wildman–Crippen LogP) is 2.01. The Morgan fingerprint density at radius 1 is 1.35 bits per heavy atom. The number of carbonyl (C=O) groups is 1. The van der Waals surface area contributed by atoms with E-state index < -0.39 is 17.5 Å². The van der Waals surface area contributed by atoms with Gasteiger partial charge in [-0.2, -0.15) is 0 Å². The van der Waals surface area contributed by atoms with Gasteiger partial charge in [-0.25, -0.2) is 9.78 Å². The van der Waals surface area contributed by atoms with Crippen LogP contribution in [0.15, 0.2) is 42.6 Å². The van der Waals surface area contributed by atoms with E-state index in [1.165, 1.54) is 12.3 Å². The van der Waals surface area contributed by atoms with Crippen molar-refractivity contribution in [1.82, 2.24) is 4.98 Å². The van der Waals surface area contributed by atoms with Crippen LogP contribution in [-0.2, 0) is 0 Å². The summed E-state index contributed by atoms with van der Waals surface area (Å²) < 4.78 is 0. The maximum absolute atomic E-state index is 11.1. The van der Waals surface area contributed by atoms with Crippen LogP contribution in [0.25, 0.3) is 0 Å². The molecule has 1 saturated heterocycles. The number of hydrogen-bond acceptors (Lipinski definition) is 5. The molecular formula is C19H19ClN2O4. The molecule has 136 valence electrons. The molecule has 1 aliphatic heterocycles. The number of benzene rings is 1. The second kappa shape index (κ2) is 6.23. The first-order valence-corrected chi connectivity index (χ1v) is 8.84. The van der Waals surface area contributed by atoms with E-state index in [0.29, 0.717) is 18.9 Å². The smallest absolute Gasteiger partial charge is 0.337 e. The molecule has 0 bridgehead atoms. The molecule has 0 radical (unpaired) electrons. The fourth-order valence-electron chi connectivity index (χ4n) is 4.51. The summed E-state index contributed by atoms with van der Waals surface area (Å²) in [6.45, 7) is 0.862. The van der Waals surface area contributed by atoms with Crippen molar-refractivity contribution in [2.24, 2.45) is 11.3 Å². The third kappa shape index (κ3) is 2.48. The van der Waals surface area contributed by atoms with Gasteiger partial charge in [-0.05, 0) is 23.5 Å². The summed E-state index contributed by atoms with van der Waals surface area (Å²) in [7, 11) is 0. The number of aromatic nitrogens is 1. The van der Waals surface area contributed by atoms with Crippen LogP contribution in [-0.4, -0.2) is 52.1 Å². The molecule has 1 aliphatic carbocycles. The maximum Gasteiger partial charge on any atom is 0.337 e. The lowest BCUT2D eigenvalue weighted by molar-refractivity contribution is 0.0696. The van der Waals surface area contributed by atoms with Crippen molar-refractivity contribution in [3.05, 3.63) is 58.7 Å². The molecule has 4 atom stereocenters. The van der Waals surface area contributed by atoms with Gasteiger partial charge in [-0.15, -0.1) is 0 Å². The molecule has 3 N–H and O–H groups in total.